The number of carbonyl (C=O) groups is 1. The van der Waals surface area contributed by atoms with E-state index in [0.29, 0.717) is 36.4 Å². The Bertz CT molecular complexity index is 1280. The second-order valence-corrected chi connectivity index (χ2v) is 8.45. The summed E-state index contributed by atoms with van der Waals surface area (Å²) >= 11 is 5.97. The molecule has 0 bridgehead atoms. The molecule has 5 rings (SSSR count). The van der Waals surface area contributed by atoms with Gasteiger partial charge in [-0.25, -0.2) is 4.68 Å². The number of aromatic nitrogens is 4. The largest absolute Gasteiger partial charge is 0.353 e. The summed E-state index contributed by atoms with van der Waals surface area (Å²) in [6.07, 6.45) is 0. The highest BCUT2D eigenvalue weighted by Gasteiger charge is 2.36. The first-order valence-corrected chi connectivity index (χ1v) is 11.1. The lowest BCUT2D eigenvalue weighted by Gasteiger charge is -2.34. The molecular weight excluding hydrogens is 440 g/mol. The summed E-state index contributed by atoms with van der Waals surface area (Å²) in [5.41, 5.74) is 4.41. The number of nitrogens with zero attached hydrogens (tertiary/aromatic N) is 5. The van der Waals surface area contributed by atoms with Crippen LogP contribution in [0.4, 0.5) is 0 Å². The molecule has 33 heavy (non-hydrogen) atoms. The Morgan fingerprint density at radius 3 is 2.64 bits per heavy atom. The summed E-state index contributed by atoms with van der Waals surface area (Å²) in [5, 5.41) is 12.5. The molecule has 1 amide bonds. The first kappa shape index (κ1) is 21.4. The van der Waals surface area contributed by atoms with Crippen LogP contribution in [0, 0.1) is 13.8 Å². The molecule has 2 aromatic carbocycles. The summed E-state index contributed by atoms with van der Waals surface area (Å²) in [4.78, 5) is 19.6. The zero-order valence-corrected chi connectivity index (χ0v) is 19.1. The normalized spacial score (nSPS) is 16.7. The maximum atomic E-state index is 13.0. The van der Waals surface area contributed by atoms with E-state index in [4.69, 9.17) is 21.2 Å². The van der Waals surface area contributed by atoms with Gasteiger partial charge in [0, 0.05) is 34.9 Å². The van der Waals surface area contributed by atoms with Gasteiger partial charge in [0.2, 0.25) is 17.6 Å². The third-order valence-electron chi connectivity index (χ3n) is 5.84. The van der Waals surface area contributed by atoms with Gasteiger partial charge in [0.1, 0.15) is 6.04 Å². The van der Waals surface area contributed by atoms with Crippen molar-refractivity contribution >= 4 is 17.5 Å². The Kier molecular flexibility index (Phi) is 5.70. The molecule has 1 N–H and O–H groups in total. The SMILES string of the molecule is Cc1nn(-c2ccccc2)c(C)c1C1C(=O)NCCN1Cc1nc(-c2ccc(Cl)cc2)no1. The quantitative estimate of drug-likeness (QED) is 0.484. The summed E-state index contributed by atoms with van der Waals surface area (Å²) in [7, 11) is 0. The zero-order chi connectivity index (χ0) is 22.9. The Morgan fingerprint density at radius 1 is 1.12 bits per heavy atom. The third-order valence-corrected chi connectivity index (χ3v) is 6.09. The van der Waals surface area contributed by atoms with Crippen molar-refractivity contribution < 1.29 is 9.32 Å². The second kappa shape index (κ2) is 8.80. The maximum absolute atomic E-state index is 13.0. The van der Waals surface area contributed by atoms with Crippen molar-refractivity contribution in [3.63, 3.8) is 0 Å². The molecule has 1 saturated heterocycles. The number of carbonyl (C=O) groups excluding carboxylic acids is 1. The first-order valence-electron chi connectivity index (χ1n) is 10.7. The van der Waals surface area contributed by atoms with Crippen LogP contribution in [-0.4, -0.2) is 43.8 Å². The molecule has 8 nitrogen and oxygen atoms in total. The zero-order valence-electron chi connectivity index (χ0n) is 18.3. The van der Waals surface area contributed by atoms with Crippen molar-refractivity contribution in [3.8, 4) is 17.1 Å². The topological polar surface area (TPSA) is 89.1 Å². The molecule has 1 unspecified atom stereocenters. The van der Waals surface area contributed by atoms with E-state index in [1.165, 1.54) is 0 Å². The lowest BCUT2D eigenvalue weighted by atomic mass is 10.00. The molecule has 0 saturated carbocycles. The van der Waals surface area contributed by atoms with E-state index in [-0.39, 0.29) is 5.91 Å². The molecule has 0 spiro atoms. The predicted octanol–water partition coefficient (Wildman–Crippen LogP) is 3.87. The molecule has 168 valence electrons. The first-order chi connectivity index (χ1) is 16.0. The molecule has 0 radical (unpaired) electrons. The molecule has 4 aromatic rings. The number of hydrogen-bond acceptors (Lipinski definition) is 6. The van der Waals surface area contributed by atoms with E-state index >= 15 is 0 Å². The molecule has 1 atom stereocenters. The van der Waals surface area contributed by atoms with Crippen LogP contribution < -0.4 is 5.32 Å². The molecule has 3 heterocycles. The fraction of sp³-hybridized carbons (Fsp3) is 0.250. The summed E-state index contributed by atoms with van der Waals surface area (Å²) in [6, 6.07) is 16.7. The van der Waals surface area contributed by atoms with Crippen molar-refractivity contribution in [2.75, 3.05) is 13.1 Å². The van der Waals surface area contributed by atoms with Gasteiger partial charge in [0.05, 0.1) is 17.9 Å². The second-order valence-electron chi connectivity index (χ2n) is 8.01. The van der Waals surface area contributed by atoms with Crippen LogP contribution in [-0.2, 0) is 11.3 Å². The number of amides is 1. The standard InChI is InChI=1S/C24H23ClN6O2/c1-15-21(16(2)31(28-15)19-6-4-3-5-7-19)22-24(32)26-12-13-30(22)14-20-27-23(29-33-20)17-8-10-18(25)11-9-17/h3-11,22H,12-14H2,1-2H3,(H,26,32). The van der Waals surface area contributed by atoms with Gasteiger partial charge < -0.3 is 9.84 Å². The van der Waals surface area contributed by atoms with Gasteiger partial charge in [-0.05, 0) is 50.2 Å². The minimum Gasteiger partial charge on any atom is -0.353 e. The van der Waals surface area contributed by atoms with Gasteiger partial charge >= 0.3 is 0 Å². The molecule has 9 heteroatoms. The third kappa shape index (κ3) is 4.15. The summed E-state index contributed by atoms with van der Waals surface area (Å²) < 4.78 is 7.40. The predicted molar refractivity (Wildman–Crippen MR) is 124 cm³/mol. The van der Waals surface area contributed by atoms with E-state index in [1.54, 1.807) is 12.1 Å². The van der Waals surface area contributed by atoms with Crippen LogP contribution in [0.5, 0.6) is 0 Å². The van der Waals surface area contributed by atoms with Gasteiger partial charge in [-0.15, -0.1) is 0 Å². The molecule has 1 aliphatic heterocycles. The summed E-state index contributed by atoms with van der Waals surface area (Å²) in [5.74, 6) is 0.881. The highest BCUT2D eigenvalue weighted by atomic mass is 35.5. The maximum Gasteiger partial charge on any atom is 0.242 e. The Hall–Kier alpha value is -3.49. The van der Waals surface area contributed by atoms with Crippen LogP contribution in [0.15, 0.2) is 59.1 Å². The molecular formula is C24H23ClN6O2. The minimum atomic E-state index is -0.498. The molecule has 1 aliphatic rings. The van der Waals surface area contributed by atoms with Crippen LogP contribution in [0.3, 0.4) is 0 Å². The lowest BCUT2D eigenvalue weighted by molar-refractivity contribution is -0.129. The van der Waals surface area contributed by atoms with Crippen LogP contribution >= 0.6 is 11.6 Å². The smallest absolute Gasteiger partial charge is 0.242 e. The van der Waals surface area contributed by atoms with Gasteiger partial charge in [0.15, 0.2) is 0 Å². The number of aryl methyl sites for hydroxylation is 1. The van der Waals surface area contributed by atoms with Crippen molar-refractivity contribution in [3.05, 3.63) is 82.5 Å². The number of nitrogens with one attached hydrogen (secondary N) is 1. The van der Waals surface area contributed by atoms with Gasteiger partial charge in [0.25, 0.3) is 0 Å². The lowest BCUT2D eigenvalue weighted by Crippen LogP contribution is -2.49. The Balaban J connectivity index is 1.45. The molecule has 0 aliphatic carbocycles. The fourth-order valence-electron chi connectivity index (χ4n) is 4.28. The fourth-order valence-corrected chi connectivity index (χ4v) is 4.40. The van der Waals surface area contributed by atoms with Crippen molar-refractivity contribution in [2.45, 2.75) is 26.4 Å². The Labute approximate surface area is 196 Å². The number of halogens is 1. The highest BCUT2D eigenvalue weighted by molar-refractivity contribution is 6.30. The Morgan fingerprint density at radius 2 is 1.88 bits per heavy atom. The number of hydrogen-bond donors (Lipinski definition) is 1. The number of para-hydroxylation sites is 1. The monoisotopic (exact) mass is 462 g/mol. The molecule has 1 fully saturated rings. The van der Waals surface area contributed by atoms with Gasteiger partial charge in [-0.2, -0.15) is 10.1 Å². The van der Waals surface area contributed by atoms with E-state index in [9.17, 15) is 4.79 Å². The van der Waals surface area contributed by atoms with E-state index in [2.05, 4.69) is 20.4 Å². The number of benzene rings is 2. The van der Waals surface area contributed by atoms with Crippen molar-refractivity contribution in [2.24, 2.45) is 0 Å². The van der Waals surface area contributed by atoms with Crippen molar-refractivity contribution in [1.29, 1.82) is 0 Å². The van der Waals surface area contributed by atoms with Gasteiger partial charge in [-0.3, -0.25) is 9.69 Å². The summed E-state index contributed by atoms with van der Waals surface area (Å²) in [6.45, 7) is 5.50. The highest BCUT2D eigenvalue weighted by Crippen LogP contribution is 2.31. The van der Waals surface area contributed by atoms with E-state index < -0.39 is 6.04 Å². The van der Waals surface area contributed by atoms with E-state index in [1.807, 2.05) is 61.0 Å². The van der Waals surface area contributed by atoms with Crippen LogP contribution in [0.25, 0.3) is 17.1 Å². The average Bonchev–Trinajstić information content (AvgIpc) is 3.40. The van der Waals surface area contributed by atoms with Crippen molar-refractivity contribution in [1.82, 2.24) is 30.1 Å². The van der Waals surface area contributed by atoms with E-state index in [0.717, 1.165) is 28.2 Å². The van der Waals surface area contributed by atoms with Crippen LogP contribution in [0.1, 0.15) is 28.9 Å². The number of piperazine rings is 1. The van der Waals surface area contributed by atoms with Gasteiger partial charge in [-0.1, -0.05) is 35.0 Å². The average molecular weight is 463 g/mol. The minimum absolute atomic E-state index is 0.0579. The molecule has 2 aromatic heterocycles. The van der Waals surface area contributed by atoms with Crippen LogP contribution in [0.2, 0.25) is 5.02 Å². The number of rotatable bonds is 5.